The van der Waals surface area contributed by atoms with E-state index in [1.807, 2.05) is 24.3 Å². The molecule has 2 aromatic carbocycles. The Balaban J connectivity index is 1.94. The summed E-state index contributed by atoms with van der Waals surface area (Å²) in [6, 6.07) is 14.4. The van der Waals surface area contributed by atoms with E-state index >= 15 is 0 Å². The zero-order chi connectivity index (χ0) is 18.2. The van der Waals surface area contributed by atoms with Crippen LogP contribution in [0.2, 0.25) is 0 Å². The standard InChI is InChI=1S/C20H23NO4/c1-4-14(2)15-9-11-16(12-10-15)25-13-19(22)21-18-8-6-5-7-17(18)20(23)24-3/h5-12,14H,4,13H2,1-3H3,(H,21,22)/t14-/m0/s1. The summed E-state index contributed by atoms with van der Waals surface area (Å²) in [7, 11) is 1.30. The Morgan fingerprint density at radius 2 is 1.76 bits per heavy atom. The molecular weight excluding hydrogens is 318 g/mol. The van der Waals surface area contributed by atoms with Crippen molar-refractivity contribution in [3.8, 4) is 5.75 Å². The van der Waals surface area contributed by atoms with Gasteiger partial charge in [-0.2, -0.15) is 0 Å². The highest BCUT2D eigenvalue weighted by atomic mass is 16.5. The molecule has 0 aromatic heterocycles. The Kier molecular flexibility index (Phi) is 6.57. The molecular formula is C20H23NO4. The lowest BCUT2D eigenvalue weighted by Gasteiger charge is -2.12. The van der Waals surface area contributed by atoms with Gasteiger partial charge in [0.05, 0.1) is 18.4 Å². The Hall–Kier alpha value is -2.82. The number of carbonyl (C=O) groups excluding carboxylic acids is 2. The highest BCUT2D eigenvalue weighted by Gasteiger charge is 2.13. The third-order valence-electron chi connectivity index (χ3n) is 4.04. The molecule has 0 fully saturated rings. The molecule has 2 rings (SSSR count). The number of para-hydroxylation sites is 1. The van der Waals surface area contributed by atoms with Crippen LogP contribution in [0.25, 0.3) is 0 Å². The molecule has 132 valence electrons. The summed E-state index contributed by atoms with van der Waals surface area (Å²) in [5, 5.41) is 2.67. The van der Waals surface area contributed by atoms with E-state index in [9.17, 15) is 9.59 Å². The first-order chi connectivity index (χ1) is 12.0. The largest absolute Gasteiger partial charge is 0.484 e. The van der Waals surface area contributed by atoms with Crippen molar-refractivity contribution in [2.75, 3.05) is 19.0 Å². The van der Waals surface area contributed by atoms with Crippen LogP contribution in [0.3, 0.4) is 0 Å². The Labute approximate surface area is 148 Å². The maximum atomic E-state index is 12.1. The second-order valence-electron chi connectivity index (χ2n) is 5.75. The maximum absolute atomic E-state index is 12.1. The smallest absolute Gasteiger partial charge is 0.339 e. The summed E-state index contributed by atoms with van der Waals surface area (Å²) in [5.41, 5.74) is 1.94. The number of ether oxygens (including phenoxy) is 2. The van der Waals surface area contributed by atoms with Gasteiger partial charge in [0, 0.05) is 0 Å². The highest BCUT2D eigenvalue weighted by molar-refractivity contribution is 6.01. The fraction of sp³-hybridized carbons (Fsp3) is 0.300. The number of amides is 1. The molecule has 0 spiro atoms. The first-order valence-corrected chi connectivity index (χ1v) is 8.25. The number of hydrogen-bond donors (Lipinski definition) is 1. The van der Waals surface area contributed by atoms with E-state index in [1.54, 1.807) is 24.3 Å². The number of benzene rings is 2. The van der Waals surface area contributed by atoms with Gasteiger partial charge in [-0.3, -0.25) is 4.79 Å². The molecule has 2 aromatic rings. The van der Waals surface area contributed by atoms with Crippen LogP contribution in [0.5, 0.6) is 5.75 Å². The van der Waals surface area contributed by atoms with Gasteiger partial charge < -0.3 is 14.8 Å². The second kappa shape index (κ2) is 8.87. The predicted molar refractivity (Wildman–Crippen MR) is 97.1 cm³/mol. The lowest BCUT2D eigenvalue weighted by atomic mass is 9.99. The molecule has 0 radical (unpaired) electrons. The van der Waals surface area contributed by atoms with Crippen LogP contribution < -0.4 is 10.1 Å². The van der Waals surface area contributed by atoms with Gasteiger partial charge in [0.25, 0.3) is 5.91 Å². The Morgan fingerprint density at radius 3 is 2.40 bits per heavy atom. The number of esters is 1. The number of anilines is 1. The molecule has 0 heterocycles. The Morgan fingerprint density at radius 1 is 1.08 bits per heavy atom. The first-order valence-electron chi connectivity index (χ1n) is 8.25. The number of nitrogens with one attached hydrogen (secondary N) is 1. The van der Waals surface area contributed by atoms with E-state index in [4.69, 9.17) is 9.47 Å². The molecule has 0 aliphatic heterocycles. The minimum absolute atomic E-state index is 0.141. The van der Waals surface area contributed by atoms with Gasteiger partial charge in [-0.25, -0.2) is 4.79 Å². The van der Waals surface area contributed by atoms with Gasteiger partial charge in [0.15, 0.2) is 6.61 Å². The maximum Gasteiger partial charge on any atom is 0.339 e. The summed E-state index contributed by atoms with van der Waals surface area (Å²) in [5.74, 6) is 0.274. The highest BCUT2D eigenvalue weighted by Crippen LogP contribution is 2.21. The zero-order valence-corrected chi connectivity index (χ0v) is 14.7. The van der Waals surface area contributed by atoms with Gasteiger partial charge >= 0.3 is 5.97 Å². The van der Waals surface area contributed by atoms with Gasteiger partial charge in [-0.1, -0.05) is 38.1 Å². The van der Waals surface area contributed by atoms with Crippen LogP contribution in [0.4, 0.5) is 5.69 Å². The van der Waals surface area contributed by atoms with Crippen molar-refractivity contribution in [2.24, 2.45) is 0 Å². The van der Waals surface area contributed by atoms with E-state index in [0.717, 1.165) is 6.42 Å². The molecule has 0 unspecified atom stereocenters. The van der Waals surface area contributed by atoms with Crippen molar-refractivity contribution in [3.05, 3.63) is 59.7 Å². The molecule has 1 atom stereocenters. The number of carbonyl (C=O) groups is 2. The molecule has 5 heteroatoms. The molecule has 0 saturated heterocycles. The van der Waals surface area contributed by atoms with E-state index < -0.39 is 5.97 Å². The normalized spacial score (nSPS) is 11.5. The summed E-state index contributed by atoms with van der Waals surface area (Å²) >= 11 is 0. The number of methoxy groups -OCH3 is 1. The van der Waals surface area contributed by atoms with Crippen LogP contribution in [-0.2, 0) is 9.53 Å². The Bertz CT molecular complexity index is 725. The summed E-state index contributed by atoms with van der Waals surface area (Å²) < 4.78 is 10.2. The quantitative estimate of drug-likeness (QED) is 0.773. The summed E-state index contributed by atoms with van der Waals surface area (Å²) in [6.45, 7) is 4.17. The molecule has 0 aliphatic carbocycles. The van der Waals surface area contributed by atoms with E-state index in [2.05, 4.69) is 19.2 Å². The van der Waals surface area contributed by atoms with Crippen LogP contribution in [0, 0.1) is 0 Å². The fourth-order valence-electron chi connectivity index (χ4n) is 2.34. The second-order valence-corrected chi connectivity index (χ2v) is 5.75. The third-order valence-corrected chi connectivity index (χ3v) is 4.04. The lowest BCUT2D eigenvalue weighted by molar-refractivity contribution is -0.118. The molecule has 0 saturated carbocycles. The zero-order valence-electron chi connectivity index (χ0n) is 14.7. The van der Waals surface area contributed by atoms with Crippen LogP contribution in [0.1, 0.15) is 42.1 Å². The van der Waals surface area contributed by atoms with Crippen molar-refractivity contribution < 1.29 is 19.1 Å². The molecule has 5 nitrogen and oxygen atoms in total. The minimum atomic E-state index is -0.502. The topological polar surface area (TPSA) is 64.6 Å². The van der Waals surface area contributed by atoms with Gasteiger partial charge in [0.1, 0.15) is 5.75 Å². The van der Waals surface area contributed by atoms with Crippen molar-refractivity contribution in [2.45, 2.75) is 26.2 Å². The molecule has 25 heavy (non-hydrogen) atoms. The van der Waals surface area contributed by atoms with Crippen LogP contribution in [0.15, 0.2) is 48.5 Å². The molecule has 0 bridgehead atoms. The lowest BCUT2D eigenvalue weighted by Crippen LogP contribution is -2.21. The van der Waals surface area contributed by atoms with Gasteiger partial charge in [-0.05, 0) is 42.2 Å². The SMILES string of the molecule is CC[C@H](C)c1ccc(OCC(=O)Nc2ccccc2C(=O)OC)cc1. The summed E-state index contributed by atoms with van der Waals surface area (Å²) in [6.07, 6.45) is 1.07. The molecule has 1 amide bonds. The third kappa shape index (κ3) is 5.08. The first kappa shape index (κ1) is 18.5. The van der Waals surface area contributed by atoms with E-state index in [1.165, 1.54) is 12.7 Å². The monoisotopic (exact) mass is 341 g/mol. The molecule has 0 aliphatic rings. The number of rotatable bonds is 7. The van der Waals surface area contributed by atoms with Crippen LogP contribution >= 0.6 is 0 Å². The van der Waals surface area contributed by atoms with Crippen molar-refractivity contribution >= 4 is 17.6 Å². The van der Waals surface area contributed by atoms with Gasteiger partial charge in [0.2, 0.25) is 0 Å². The van der Waals surface area contributed by atoms with Crippen molar-refractivity contribution in [1.82, 2.24) is 0 Å². The summed E-state index contributed by atoms with van der Waals surface area (Å²) in [4.78, 5) is 23.8. The van der Waals surface area contributed by atoms with Gasteiger partial charge in [-0.15, -0.1) is 0 Å². The van der Waals surface area contributed by atoms with Crippen LogP contribution in [-0.4, -0.2) is 25.6 Å². The average molecular weight is 341 g/mol. The van der Waals surface area contributed by atoms with E-state index in [0.29, 0.717) is 22.9 Å². The predicted octanol–water partition coefficient (Wildman–Crippen LogP) is 4.00. The average Bonchev–Trinajstić information content (AvgIpc) is 2.66. The fourth-order valence-corrected chi connectivity index (χ4v) is 2.34. The van der Waals surface area contributed by atoms with Crippen molar-refractivity contribution in [1.29, 1.82) is 0 Å². The number of hydrogen-bond acceptors (Lipinski definition) is 4. The molecule has 1 N–H and O–H groups in total. The minimum Gasteiger partial charge on any atom is -0.484 e. The van der Waals surface area contributed by atoms with Crippen molar-refractivity contribution in [3.63, 3.8) is 0 Å². The van der Waals surface area contributed by atoms with E-state index in [-0.39, 0.29) is 12.5 Å².